The van der Waals surface area contributed by atoms with Gasteiger partial charge in [0, 0.05) is 19.6 Å². The molecule has 1 aliphatic heterocycles. The van der Waals surface area contributed by atoms with Crippen LogP contribution in [0.25, 0.3) is 0 Å². The topological polar surface area (TPSA) is 48.0 Å². The summed E-state index contributed by atoms with van der Waals surface area (Å²) in [6.07, 6.45) is 6.17. The Morgan fingerprint density at radius 2 is 1.85 bits per heavy atom. The van der Waals surface area contributed by atoms with E-state index in [0.717, 1.165) is 45.7 Å². The average molecular weight is 308 g/mol. The zero-order chi connectivity index (χ0) is 13.3. The Balaban J connectivity index is 0.00000200. The first-order valence-electron chi connectivity index (χ1n) is 7.42. The lowest BCUT2D eigenvalue weighted by molar-refractivity contribution is -0.152. The summed E-state index contributed by atoms with van der Waals surface area (Å²) in [7, 11) is 0. The van der Waals surface area contributed by atoms with Crippen LogP contribution in [-0.2, 0) is 19.0 Å². The van der Waals surface area contributed by atoms with Gasteiger partial charge < -0.3 is 14.2 Å². The minimum Gasteiger partial charge on any atom is -0.463 e. The summed E-state index contributed by atoms with van der Waals surface area (Å²) in [6.45, 7) is 4.75. The first-order valence-corrected chi connectivity index (χ1v) is 7.42. The number of nitrogens with zero attached hydrogens (tertiary/aromatic N) is 1. The lowest BCUT2D eigenvalue weighted by Crippen LogP contribution is -2.38. The van der Waals surface area contributed by atoms with Crippen LogP contribution < -0.4 is 0 Å². The second-order valence-corrected chi connectivity index (χ2v) is 5.25. The summed E-state index contributed by atoms with van der Waals surface area (Å²) >= 11 is 0. The highest BCUT2D eigenvalue weighted by Gasteiger charge is 2.16. The van der Waals surface area contributed by atoms with Gasteiger partial charge in [0.1, 0.15) is 13.2 Å². The molecule has 2 rings (SSSR count). The lowest BCUT2D eigenvalue weighted by atomic mass is 9.98. The average Bonchev–Trinajstić information content (AvgIpc) is 2.47. The molecule has 0 aromatic heterocycles. The number of carbonyl (C=O) groups excluding carboxylic acids is 1. The first-order chi connectivity index (χ1) is 9.34. The van der Waals surface area contributed by atoms with Crippen LogP contribution in [-0.4, -0.2) is 63.0 Å². The van der Waals surface area contributed by atoms with E-state index < -0.39 is 0 Å². The van der Waals surface area contributed by atoms with E-state index >= 15 is 0 Å². The van der Waals surface area contributed by atoms with Crippen LogP contribution in [0.5, 0.6) is 0 Å². The van der Waals surface area contributed by atoms with Gasteiger partial charge in [-0.05, 0) is 12.8 Å². The second-order valence-electron chi connectivity index (χ2n) is 5.25. The monoisotopic (exact) mass is 307 g/mol. The van der Waals surface area contributed by atoms with Crippen LogP contribution in [0.15, 0.2) is 0 Å². The lowest BCUT2D eigenvalue weighted by Gasteiger charge is -2.26. The zero-order valence-electron chi connectivity index (χ0n) is 12.1. The molecule has 0 amide bonds. The summed E-state index contributed by atoms with van der Waals surface area (Å²) in [6, 6.07) is 0. The van der Waals surface area contributed by atoms with Crippen molar-refractivity contribution in [3.63, 3.8) is 0 Å². The largest absolute Gasteiger partial charge is 0.463 e. The Morgan fingerprint density at radius 3 is 2.55 bits per heavy atom. The highest BCUT2D eigenvalue weighted by molar-refractivity contribution is 5.85. The Morgan fingerprint density at radius 1 is 1.15 bits per heavy atom. The van der Waals surface area contributed by atoms with E-state index in [2.05, 4.69) is 4.90 Å². The van der Waals surface area contributed by atoms with Crippen LogP contribution in [0, 0.1) is 0 Å². The van der Waals surface area contributed by atoms with Gasteiger partial charge in [-0.15, -0.1) is 12.4 Å². The number of carbonyl (C=O) groups is 1. The molecule has 2 aliphatic rings. The van der Waals surface area contributed by atoms with Gasteiger partial charge in [-0.3, -0.25) is 4.90 Å². The van der Waals surface area contributed by atoms with Gasteiger partial charge in [0.15, 0.2) is 0 Å². The van der Waals surface area contributed by atoms with Gasteiger partial charge in [0.2, 0.25) is 0 Å². The summed E-state index contributed by atoms with van der Waals surface area (Å²) in [5, 5.41) is 0. The van der Waals surface area contributed by atoms with Crippen molar-refractivity contribution in [3.8, 4) is 0 Å². The smallest absolute Gasteiger partial charge is 0.332 e. The normalized spacial score (nSPS) is 21.2. The molecular formula is C14H26ClNO4. The van der Waals surface area contributed by atoms with E-state index in [1.165, 1.54) is 19.3 Å². The van der Waals surface area contributed by atoms with Gasteiger partial charge in [0.25, 0.3) is 0 Å². The molecule has 1 heterocycles. The molecule has 0 radical (unpaired) electrons. The molecule has 1 saturated carbocycles. The standard InChI is InChI=1S/C14H25NO4.ClH/c16-14(12-19-13-4-2-1-3-5-13)18-11-8-15-6-9-17-10-7-15;/h13H,1-12H2;1H. The highest BCUT2D eigenvalue weighted by Crippen LogP contribution is 2.20. The number of esters is 1. The van der Waals surface area contributed by atoms with Crippen LogP contribution >= 0.6 is 12.4 Å². The van der Waals surface area contributed by atoms with Gasteiger partial charge in [-0.1, -0.05) is 19.3 Å². The Labute approximate surface area is 127 Å². The number of hydrogen-bond donors (Lipinski definition) is 0. The third-order valence-corrected chi connectivity index (χ3v) is 3.76. The van der Waals surface area contributed by atoms with Crippen molar-refractivity contribution in [1.29, 1.82) is 0 Å². The van der Waals surface area contributed by atoms with Gasteiger partial charge in [-0.2, -0.15) is 0 Å². The molecular weight excluding hydrogens is 282 g/mol. The van der Waals surface area contributed by atoms with Crippen LogP contribution in [0.4, 0.5) is 0 Å². The quantitative estimate of drug-likeness (QED) is 0.698. The fourth-order valence-corrected chi connectivity index (χ4v) is 2.57. The SMILES string of the molecule is Cl.O=C(COC1CCCCC1)OCCN1CCOCC1. The van der Waals surface area contributed by atoms with Crippen molar-refractivity contribution < 1.29 is 19.0 Å². The van der Waals surface area contributed by atoms with E-state index in [1.807, 2.05) is 0 Å². The van der Waals surface area contributed by atoms with Crippen molar-refractivity contribution in [2.45, 2.75) is 38.2 Å². The molecule has 5 nitrogen and oxygen atoms in total. The first kappa shape index (κ1) is 17.7. The molecule has 0 unspecified atom stereocenters. The Hall–Kier alpha value is -0.360. The fourth-order valence-electron chi connectivity index (χ4n) is 2.57. The van der Waals surface area contributed by atoms with Gasteiger partial charge >= 0.3 is 5.97 Å². The maximum atomic E-state index is 11.5. The second kappa shape index (κ2) is 10.4. The van der Waals surface area contributed by atoms with E-state index in [4.69, 9.17) is 14.2 Å². The predicted octanol–water partition coefficient (Wildman–Crippen LogP) is 1.63. The molecule has 0 N–H and O–H groups in total. The van der Waals surface area contributed by atoms with E-state index in [1.54, 1.807) is 0 Å². The molecule has 6 heteroatoms. The van der Waals surface area contributed by atoms with E-state index in [0.29, 0.717) is 6.61 Å². The molecule has 118 valence electrons. The third kappa shape index (κ3) is 6.88. The highest BCUT2D eigenvalue weighted by atomic mass is 35.5. The van der Waals surface area contributed by atoms with E-state index in [-0.39, 0.29) is 31.1 Å². The summed E-state index contributed by atoms with van der Waals surface area (Å²) in [5.41, 5.74) is 0. The molecule has 0 atom stereocenters. The maximum Gasteiger partial charge on any atom is 0.332 e. The maximum absolute atomic E-state index is 11.5. The molecule has 0 bridgehead atoms. The van der Waals surface area contributed by atoms with Crippen LogP contribution in [0.1, 0.15) is 32.1 Å². The summed E-state index contributed by atoms with van der Waals surface area (Å²) < 4.78 is 16.0. The molecule has 0 spiro atoms. The van der Waals surface area contributed by atoms with Gasteiger partial charge in [-0.25, -0.2) is 4.79 Å². The Bertz CT molecular complexity index is 266. The number of halogens is 1. The molecule has 0 aromatic carbocycles. The number of ether oxygens (including phenoxy) is 3. The van der Waals surface area contributed by atoms with Crippen LogP contribution in [0.3, 0.4) is 0 Å². The molecule has 1 aliphatic carbocycles. The van der Waals surface area contributed by atoms with E-state index in [9.17, 15) is 4.79 Å². The Kier molecular flexibility index (Phi) is 9.18. The molecule has 20 heavy (non-hydrogen) atoms. The molecule has 2 fully saturated rings. The van der Waals surface area contributed by atoms with Crippen LogP contribution in [0.2, 0.25) is 0 Å². The van der Waals surface area contributed by atoms with Gasteiger partial charge in [0.05, 0.1) is 19.3 Å². The summed E-state index contributed by atoms with van der Waals surface area (Å²) in [4.78, 5) is 13.8. The number of hydrogen-bond acceptors (Lipinski definition) is 5. The predicted molar refractivity (Wildman–Crippen MR) is 78.3 cm³/mol. The van der Waals surface area contributed by atoms with Crippen molar-refractivity contribution in [1.82, 2.24) is 4.90 Å². The molecule has 0 aromatic rings. The summed E-state index contributed by atoms with van der Waals surface area (Å²) in [5.74, 6) is -0.237. The minimum atomic E-state index is -0.237. The van der Waals surface area contributed by atoms with Crippen molar-refractivity contribution in [3.05, 3.63) is 0 Å². The van der Waals surface area contributed by atoms with Crippen molar-refractivity contribution in [2.24, 2.45) is 0 Å². The number of rotatable bonds is 6. The number of morpholine rings is 1. The van der Waals surface area contributed by atoms with Crippen molar-refractivity contribution >= 4 is 18.4 Å². The zero-order valence-corrected chi connectivity index (χ0v) is 12.9. The fraction of sp³-hybridized carbons (Fsp3) is 0.929. The third-order valence-electron chi connectivity index (χ3n) is 3.76. The van der Waals surface area contributed by atoms with Crippen molar-refractivity contribution in [2.75, 3.05) is 46.1 Å². The molecule has 1 saturated heterocycles. The minimum absolute atomic E-state index is 0.